The van der Waals surface area contributed by atoms with Crippen molar-refractivity contribution in [2.45, 2.75) is 32.6 Å². The van der Waals surface area contributed by atoms with Gasteiger partial charge in [0.05, 0.1) is 5.71 Å². The molecule has 23 heavy (non-hydrogen) atoms. The van der Waals surface area contributed by atoms with Crippen LogP contribution in [0.3, 0.4) is 0 Å². The van der Waals surface area contributed by atoms with Crippen LogP contribution in [-0.2, 0) is 12.8 Å². The Morgan fingerprint density at radius 2 is 1.74 bits per heavy atom. The fraction of sp³-hybridized carbons (Fsp3) is 0.263. The lowest BCUT2D eigenvalue weighted by Crippen LogP contribution is -2.25. The molecule has 0 atom stereocenters. The van der Waals surface area contributed by atoms with Gasteiger partial charge in [-0.25, -0.2) is 0 Å². The minimum absolute atomic E-state index is 0.494. The number of fused-ring (bicyclic) bond motifs is 1. The molecule has 0 unspecified atom stereocenters. The predicted octanol–water partition coefficient (Wildman–Crippen LogP) is 4.28. The van der Waals surface area contributed by atoms with Gasteiger partial charge in [-0.05, 0) is 79.7 Å². The molecule has 0 saturated carbocycles. The van der Waals surface area contributed by atoms with Crippen molar-refractivity contribution in [1.29, 1.82) is 0 Å². The quantitative estimate of drug-likeness (QED) is 0.503. The lowest BCUT2D eigenvalue weighted by molar-refractivity contribution is 0.685. The van der Waals surface area contributed by atoms with Crippen LogP contribution in [0.15, 0.2) is 53.6 Å². The van der Waals surface area contributed by atoms with Crippen LogP contribution < -0.4 is 10.7 Å². The molecule has 2 aromatic rings. The second kappa shape index (κ2) is 7.38. The van der Waals surface area contributed by atoms with Crippen molar-refractivity contribution < 1.29 is 0 Å². The predicted molar refractivity (Wildman–Crippen MR) is 101 cm³/mol. The van der Waals surface area contributed by atoms with E-state index in [2.05, 4.69) is 34.0 Å². The van der Waals surface area contributed by atoms with E-state index >= 15 is 0 Å². The number of anilines is 1. The van der Waals surface area contributed by atoms with Gasteiger partial charge in [-0.15, -0.1) is 0 Å². The molecule has 0 amide bonds. The summed E-state index contributed by atoms with van der Waals surface area (Å²) >= 11 is 5.27. The molecule has 0 radical (unpaired) electrons. The van der Waals surface area contributed by atoms with E-state index in [0.29, 0.717) is 5.11 Å². The van der Waals surface area contributed by atoms with Gasteiger partial charge in [-0.2, -0.15) is 5.10 Å². The van der Waals surface area contributed by atoms with Gasteiger partial charge in [-0.3, -0.25) is 5.43 Å². The molecule has 3 rings (SSSR count). The number of para-hydroxylation sites is 1. The van der Waals surface area contributed by atoms with Gasteiger partial charge in [0.15, 0.2) is 5.11 Å². The molecule has 0 saturated heterocycles. The fourth-order valence-corrected chi connectivity index (χ4v) is 3.00. The molecule has 118 valence electrons. The molecule has 0 aromatic heterocycles. The van der Waals surface area contributed by atoms with E-state index in [1.807, 2.05) is 37.3 Å². The van der Waals surface area contributed by atoms with E-state index in [1.54, 1.807) is 0 Å². The van der Waals surface area contributed by atoms with E-state index in [9.17, 15) is 0 Å². The Hall–Kier alpha value is -2.20. The topological polar surface area (TPSA) is 36.4 Å². The van der Waals surface area contributed by atoms with E-state index in [-0.39, 0.29) is 0 Å². The molecule has 1 aliphatic carbocycles. The van der Waals surface area contributed by atoms with Gasteiger partial charge < -0.3 is 5.32 Å². The monoisotopic (exact) mass is 323 g/mol. The zero-order chi connectivity index (χ0) is 16.1. The average Bonchev–Trinajstić information content (AvgIpc) is 2.60. The Labute approximate surface area is 142 Å². The summed E-state index contributed by atoms with van der Waals surface area (Å²) in [7, 11) is 0. The third-order valence-corrected chi connectivity index (χ3v) is 4.32. The van der Waals surface area contributed by atoms with Gasteiger partial charge in [0.2, 0.25) is 0 Å². The zero-order valence-corrected chi connectivity index (χ0v) is 14.1. The molecule has 0 spiro atoms. The molecule has 2 N–H and O–H groups in total. The molecule has 4 heteroatoms. The van der Waals surface area contributed by atoms with Crippen LogP contribution in [0.25, 0.3) is 0 Å². The standard InChI is InChI=1S/C19H21N3S/c1-14(16-12-11-15-7-5-6-8-17(15)13-16)21-22-19(23)20-18-9-3-2-4-10-18/h2-4,9-13H,5-8H2,1H3,(H2,20,22,23)/b21-14+. The second-order valence-electron chi connectivity index (χ2n) is 5.82. The van der Waals surface area contributed by atoms with E-state index in [0.717, 1.165) is 17.0 Å². The SMILES string of the molecule is C/C(=N\NC(=S)Nc1ccccc1)c1ccc2c(c1)CCCC2. The lowest BCUT2D eigenvalue weighted by Gasteiger charge is -2.16. The largest absolute Gasteiger partial charge is 0.331 e. The third-order valence-electron chi connectivity index (χ3n) is 4.12. The highest BCUT2D eigenvalue weighted by atomic mass is 32.1. The number of nitrogens with one attached hydrogen (secondary N) is 2. The molecule has 0 heterocycles. The normalized spacial score (nSPS) is 14.0. The van der Waals surface area contributed by atoms with Crippen LogP contribution in [0.2, 0.25) is 0 Å². The summed E-state index contributed by atoms with van der Waals surface area (Å²) in [6, 6.07) is 16.5. The highest BCUT2D eigenvalue weighted by molar-refractivity contribution is 7.80. The van der Waals surface area contributed by atoms with Crippen LogP contribution in [0, 0.1) is 0 Å². The van der Waals surface area contributed by atoms with E-state index in [4.69, 9.17) is 12.2 Å². The minimum atomic E-state index is 0.494. The van der Waals surface area contributed by atoms with Gasteiger partial charge >= 0.3 is 0 Å². The van der Waals surface area contributed by atoms with E-state index in [1.165, 1.54) is 36.8 Å². The van der Waals surface area contributed by atoms with Crippen LogP contribution in [0.1, 0.15) is 36.5 Å². The van der Waals surface area contributed by atoms with Crippen LogP contribution in [0.4, 0.5) is 5.69 Å². The number of rotatable bonds is 3. The fourth-order valence-electron chi connectivity index (χ4n) is 2.84. The lowest BCUT2D eigenvalue weighted by atomic mass is 9.90. The van der Waals surface area contributed by atoms with Gasteiger partial charge in [-0.1, -0.05) is 30.3 Å². The van der Waals surface area contributed by atoms with E-state index < -0.39 is 0 Å². The maximum atomic E-state index is 5.27. The molecule has 1 aliphatic rings. The maximum absolute atomic E-state index is 5.27. The highest BCUT2D eigenvalue weighted by Crippen LogP contribution is 2.22. The average molecular weight is 323 g/mol. The number of hydrazone groups is 1. The van der Waals surface area contributed by atoms with Crippen LogP contribution in [-0.4, -0.2) is 10.8 Å². The Morgan fingerprint density at radius 1 is 1.00 bits per heavy atom. The molecule has 2 aromatic carbocycles. The van der Waals surface area contributed by atoms with Crippen molar-refractivity contribution in [3.8, 4) is 0 Å². The zero-order valence-electron chi connectivity index (χ0n) is 13.3. The summed E-state index contributed by atoms with van der Waals surface area (Å²) in [4.78, 5) is 0. The van der Waals surface area contributed by atoms with Crippen molar-refractivity contribution >= 4 is 28.7 Å². The van der Waals surface area contributed by atoms with Gasteiger partial charge in [0, 0.05) is 5.69 Å². The molecule has 0 fully saturated rings. The molecule has 0 aliphatic heterocycles. The molecular weight excluding hydrogens is 302 g/mol. The number of hydrogen-bond acceptors (Lipinski definition) is 2. The summed E-state index contributed by atoms with van der Waals surface area (Å²) < 4.78 is 0. The maximum Gasteiger partial charge on any atom is 0.191 e. The van der Waals surface area contributed by atoms with Crippen LogP contribution in [0.5, 0.6) is 0 Å². The van der Waals surface area contributed by atoms with Gasteiger partial charge in [0.1, 0.15) is 0 Å². The minimum Gasteiger partial charge on any atom is -0.331 e. The van der Waals surface area contributed by atoms with Crippen molar-refractivity contribution in [2.75, 3.05) is 5.32 Å². The van der Waals surface area contributed by atoms with Crippen molar-refractivity contribution in [2.24, 2.45) is 5.10 Å². The van der Waals surface area contributed by atoms with Gasteiger partial charge in [0.25, 0.3) is 0 Å². The Balaban J connectivity index is 1.64. The van der Waals surface area contributed by atoms with Crippen LogP contribution >= 0.6 is 12.2 Å². The number of thiocarbonyl (C=S) groups is 1. The Morgan fingerprint density at radius 3 is 2.52 bits per heavy atom. The summed E-state index contributed by atoms with van der Waals surface area (Å²) in [6.07, 6.45) is 4.98. The summed E-state index contributed by atoms with van der Waals surface area (Å²) in [5.74, 6) is 0. The van der Waals surface area contributed by atoms with Crippen molar-refractivity contribution in [3.05, 3.63) is 65.2 Å². The number of hydrogen-bond donors (Lipinski definition) is 2. The first kappa shape index (κ1) is 15.7. The first-order valence-corrected chi connectivity index (χ1v) is 8.42. The Kier molecular flexibility index (Phi) is 5.03. The first-order chi connectivity index (χ1) is 11.2. The third kappa shape index (κ3) is 4.17. The smallest absolute Gasteiger partial charge is 0.191 e. The molecular formula is C19H21N3S. The second-order valence-corrected chi connectivity index (χ2v) is 6.23. The summed E-state index contributed by atoms with van der Waals surface area (Å²) in [5.41, 5.74) is 8.92. The Bertz CT molecular complexity index is 723. The molecule has 0 bridgehead atoms. The summed E-state index contributed by atoms with van der Waals surface area (Å²) in [5, 5.41) is 8.01. The number of aryl methyl sites for hydroxylation is 2. The summed E-state index contributed by atoms with van der Waals surface area (Å²) in [6.45, 7) is 2.00. The number of nitrogens with zero attached hydrogens (tertiary/aromatic N) is 1. The first-order valence-electron chi connectivity index (χ1n) is 8.01. The highest BCUT2D eigenvalue weighted by Gasteiger charge is 2.10. The van der Waals surface area contributed by atoms with Crippen molar-refractivity contribution in [1.82, 2.24) is 5.43 Å². The molecule has 3 nitrogen and oxygen atoms in total. The van der Waals surface area contributed by atoms with Crippen molar-refractivity contribution in [3.63, 3.8) is 0 Å². The number of benzene rings is 2.